The standard InChI is InChI=1S/C52H45N3O6S/c1-5-32-19-21-41(46-37(51(56)57)24-43(55-48(32)46)40-28-62-45-18-11-10-15-35(40)45)53-30(4)23-29(3)34-16-12-17-36-39(27-61-50(34)36)42-25-38(52(58)59)47-44(22-20-33(6-2)49(47)54-42)60-26-31-13-8-7-9-14-31/h7-22,24-25,27-30,53H,5-6,23,26H2,1-4H3,(H,56,57)(H,58,59). The minimum absolute atomic E-state index is 0.0204. The summed E-state index contributed by atoms with van der Waals surface area (Å²) in [6.07, 6.45) is 3.72. The van der Waals surface area contributed by atoms with Crippen molar-refractivity contribution in [3.63, 3.8) is 0 Å². The minimum Gasteiger partial charge on any atom is -0.488 e. The maximum atomic E-state index is 13.0. The van der Waals surface area contributed by atoms with Crippen LogP contribution in [0.3, 0.4) is 0 Å². The Labute approximate surface area is 362 Å². The Morgan fingerprint density at radius 2 is 1.39 bits per heavy atom. The number of pyridine rings is 2. The summed E-state index contributed by atoms with van der Waals surface area (Å²) in [5, 5.41) is 29.8. The molecule has 0 amide bonds. The fourth-order valence-corrected chi connectivity index (χ4v) is 9.70. The highest BCUT2D eigenvalue weighted by Gasteiger charge is 2.25. The summed E-state index contributed by atoms with van der Waals surface area (Å²) in [5.41, 5.74) is 9.67. The molecule has 0 aliphatic rings. The second-order valence-corrected chi connectivity index (χ2v) is 16.8. The van der Waals surface area contributed by atoms with Gasteiger partial charge in [0.25, 0.3) is 0 Å². The van der Waals surface area contributed by atoms with Crippen molar-refractivity contribution in [2.45, 2.75) is 65.5 Å². The van der Waals surface area contributed by atoms with Crippen LogP contribution < -0.4 is 10.1 Å². The molecular formula is C52H45N3O6S. The summed E-state index contributed by atoms with van der Waals surface area (Å²) in [6.45, 7) is 8.62. The van der Waals surface area contributed by atoms with E-state index in [-0.39, 0.29) is 23.1 Å². The average molecular weight is 840 g/mol. The van der Waals surface area contributed by atoms with Gasteiger partial charge in [-0.15, -0.1) is 11.3 Å². The van der Waals surface area contributed by atoms with Gasteiger partial charge in [-0.2, -0.15) is 0 Å². The summed E-state index contributed by atoms with van der Waals surface area (Å²) in [7, 11) is 0. The Balaban J connectivity index is 1.03. The van der Waals surface area contributed by atoms with Crippen LogP contribution in [-0.4, -0.2) is 38.2 Å². The zero-order valence-electron chi connectivity index (χ0n) is 34.9. The number of furan rings is 1. The van der Waals surface area contributed by atoms with Crippen LogP contribution in [0.4, 0.5) is 5.69 Å². The van der Waals surface area contributed by atoms with Crippen molar-refractivity contribution < 1.29 is 29.0 Å². The predicted molar refractivity (Wildman–Crippen MR) is 249 cm³/mol. The molecule has 9 rings (SSSR count). The molecule has 0 aliphatic carbocycles. The second-order valence-electron chi connectivity index (χ2n) is 15.8. The molecule has 4 heterocycles. The third-order valence-corrected chi connectivity index (χ3v) is 12.8. The summed E-state index contributed by atoms with van der Waals surface area (Å²) in [5.74, 6) is -1.59. The van der Waals surface area contributed by atoms with Gasteiger partial charge < -0.3 is 24.7 Å². The molecule has 9 aromatic rings. The number of aromatic carboxylic acids is 2. The number of hydrogen-bond donors (Lipinski definition) is 3. The van der Waals surface area contributed by atoms with Crippen molar-refractivity contribution in [1.29, 1.82) is 0 Å². The van der Waals surface area contributed by atoms with Crippen molar-refractivity contribution in [3.05, 3.63) is 154 Å². The van der Waals surface area contributed by atoms with E-state index in [1.807, 2.05) is 85.8 Å². The monoisotopic (exact) mass is 839 g/mol. The van der Waals surface area contributed by atoms with E-state index in [0.29, 0.717) is 76.0 Å². The first-order valence-electron chi connectivity index (χ1n) is 20.9. The minimum atomic E-state index is -1.07. The molecule has 2 atom stereocenters. The van der Waals surface area contributed by atoms with Gasteiger partial charge in [0.15, 0.2) is 0 Å². The van der Waals surface area contributed by atoms with Crippen LogP contribution in [0.5, 0.6) is 5.75 Å². The molecule has 2 unspecified atom stereocenters. The lowest BCUT2D eigenvalue weighted by atomic mass is 9.92. The molecule has 9 nitrogen and oxygen atoms in total. The van der Waals surface area contributed by atoms with Gasteiger partial charge in [0.05, 0.1) is 38.9 Å². The summed E-state index contributed by atoms with van der Waals surface area (Å²) < 4.78 is 13.7. The van der Waals surface area contributed by atoms with E-state index < -0.39 is 11.9 Å². The molecule has 4 aromatic heterocycles. The van der Waals surface area contributed by atoms with Crippen LogP contribution in [-0.2, 0) is 19.4 Å². The topological polar surface area (TPSA) is 135 Å². The predicted octanol–water partition coefficient (Wildman–Crippen LogP) is 13.2. The molecule has 0 saturated carbocycles. The SMILES string of the molecule is CCc1ccc(NC(C)CC(C)c2cccc3c(-c4cc(C(=O)O)c5c(OCc6ccccc6)ccc(CC)c5n4)coc23)c2c(C(=O)O)cc(-c3csc4ccccc34)nc12. The van der Waals surface area contributed by atoms with Crippen molar-refractivity contribution in [2.24, 2.45) is 0 Å². The number of ether oxygens (including phenoxy) is 1. The zero-order valence-corrected chi connectivity index (χ0v) is 35.7. The number of rotatable bonds is 14. The number of para-hydroxylation sites is 1. The van der Waals surface area contributed by atoms with Crippen LogP contribution in [0.2, 0.25) is 0 Å². The van der Waals surface area contributed by atoms with E-state index in [2.05, 4.69) is 49.7 Å². The highest BCUT2D eigenvalue weighted by molar-refractivity contribution is 7.17. The lowest BCUT2D eigenvalue weighted by Gasteiger charge is -2.22. The fourth-order valence-electron chi connectivity index (χ4n) is 8.75. The van der Waals surface area contributed by atoms with Gasteiger partial charge >= 0.3 is 11.9 Å². The van der Waals surface area contributed by atoms with Crippen LogP contribution >= 0.6 is 11.3 Å². The number of nitrogens with zero attached hydrogens (tertiary/aromatic N) is 2. The maximum Gasteiger partial charge on any atom is 0.336 e. The number of nitrogens with one attached hydrogen (secondary N) is 1. The molecule has 0 spiro atoms. The first-order valence-corrected chi connectivity index (χ1v) is 21.8. The number of fused-ring (bicyclic) bond motifs is 4. The summed E-state index contributed by atoms with van der Waals surface area (Å²) in [4.78, 5) is 36.1. The smallest absolute Gasteiger partial charge is 0.336 e. The van der Waals surface area contributed by atoms with E-state index in [4.69, 9.17) is 19.1 Å². The molecule has 62 heavy (non-hydrogen) atoms. The van der Waals surface area contributed by atoms with Crippen molar-refractivity contribution in [1.82, 2.24) is 9.97 Å². The molecule has 310 valence electrons. The van der Waals surface area contributed by atoms with Crippen LogP contribution in [0.15, 0.2) is 125 Å². The largest absolute Gasteiger partial charge is 0.488 e. The van der Waals surface area contributed by atoms with Gasteiger partial charge in [-0.1, -0.05) is 99.6 Å². The lowest BCUT2D eigenvalue weighted by molar-refractivity contribution is 0.0688. The Morgan fingerprint density at radius 1 is 0.742 bits per heavy atom. The first-order chi connectivity index (χ1) is 30.1. The van der Waals surface area contributed by atoms with E-state index in [1.165, 1.54) is 0 Å². The van der Waals surface area contributed by atoms with Gasteiger partial charge in [-0.05, 0) is 84.7 Å². The number of hydrogen-bond acceptors (Lipinski definition) is 8. The molecular weight excluding hydrogens is 795 g/mol. The van der Waals surface area contributed by atoms with Gasteiger partial charge in [0.1, 0.15) is 24.2 Å². The first kappa shape index (κ1) is 40.4. The maximum absolute atomic E-state index is 13.0. The highest BCUT2D eigenvalue weighted by Crippen LogP contribution is 2.41. The summed E-state index contributed by atoms with van der Waals surface area (Å²) in [6, 6.07) is 35.0. The molecule has 0 aliphatic heterocycles. The molecule has 0 fully saturated rings. The van der Waals surface area contributed by atoms with E-state index >= 15 is 0 Å². The quantitative estimate of drug-likeness (QED) is 0.0978. The number of carbonyl (C=O) groups is 2. The van der Waals surface area contributed by atoms with E-state index in [1.54, 1.807) is 29.7 Å². The Morgan fingerprint density at radius 3 is 2.11 bits per heavy atom. The van der Waals surface area contributed by atoms with Gasteiger partial charge in [-0.25, -0.2) is 19.6 Å². The van der Waals surface area contributed by atoms with Crippen LogP contribution in [0, 0.1) is 0 Å². The molecule has 0 bridgehead atoms. The second kappa shape index (κ2) is 16.8. The van der Waals surface area contributed by atoms with Crippen LogP contribution in [0.1, 0.15) is 83.0 Å². The number of aromatic nitrogens is 2. The Kier molecular flexibility index (Phi) is 10.9. The van der Waals surface area contributed by atoms with Crippen molar-refractivity contribution >= 4 is 71.8 Å². The number of benzene rings is 5. The third kappa shape index (κ3) is 7.40. The van der Waals surface area contributed by atoms with E-state index in [9.17, 15) is 19.8 Å². The Hall–Kier alpha value is -7.04. The number of anilines is 1. The number of carboxylic acid groups (broad SMARTS) is 2. The molecule has 0 saturated heterocycles. The lowest BCUT2D eigenvalue weighted by Crippen LogP contribution is -2.19. The van der Waals surface area contributed by atoms with E-state index in [0.717, 1.165) is 49.0 Å². The summed E-state index contributed by atoms with van der Waals surface area (Å²) >= 11 is 1.62. The van der Waals surface area contributed by atoms with Crippen LogP contribution in [0.25, 0.3) is 65.4 Å². The number of carboxylic acids is 2. The number of thiophene rings is 1. The number of aryl methyl sites for hydroxylation is 2. The highest BCUT2D eigenvalue weighted by atomic mass is 32.1. The van der Waals surface area contributed by atoms with Gasteiger partial charge in [-0.3, -0.25) is 0 Å². The molecule has 0 radical (unpaired) electrons. The zero-order chi connectivity index (χ0) is 43.1. The molecule has 5 aromatic carbocycles. The molecule has 3 N–H and O–H groups in total. The third-order valence-electron chi connectivity index (χ3n) is 11.8. The average Bonchev–Trinajstić information content (AvgIpc) is 3.93. The normalized spacial score (nSPS) is 12.6. The van der Waals surface area contributed by atoms with Gasteiger partial charge in [0.2, 0.25) is 0 Å². The van der Waals surface area contributed by atoms with Crippen molar-refractivity contribution in [3.8, 4) is 28.3 Å². The fraction of sp³-hybridized carbons (Fsp3) is 0.192. The van der Waals surface area contributed by atoms with Gasteiger partial charge in [0, 0.05) is 49.1 Å². The Bertz CT molecular complexity index is 3170. The molecule has 10 heteroatoms. The van der Waals surface area contributed by atoms with Crippen molar-refractivity contribution in [2.75, 3.05) is 5.32 Å².